The van der Waals surface area contributed by atoms with E-state index >= 15 is 0 Å². The Balaban J connectivity index is 2.09. The van der Waals surface area contributed by atoms with E-state index < -0.39 is 0 Å². The van der Waals surface area contributed by atoms with Gasteiger partial charge in [-0.2, -0.15) is 5.92 Å². The number of rotatable bonds is 5. The van der Waals surface area contributed by atoms with Gasteiger partial charge in [-0.15, -0.1) is 6.61 Å². The summed E-state index contributed by atoms with van der Waals surface area (Å²) in [5, 5.41) is 10.6. The van der Waals surface area contributed by atoms with Crippen molar-refractivity contribution in [1.82, 2.24) is 0 Å². The summed E-state index contributed by atoms with van der Waals surface area (Å²) in [5.41, 5.74) is 1.81. The summed E-state index contributed by atoms with van der Waals surface area (Å²) in [6, 6.07) is 0. The minimum Gasteiger partial charge on any atom is -0.854 e. The summed E-state index contributed by atoms with van der Waals surface area (Å²) in [7, 11) is 0. The lowest BCUT2D eigenvalue weighted by atomic mass is 9.60. The fourth-order valence-corrected chi connectivity index (χ4v) is 4.30. The first kappa shape index (κ1) is 19.5. The van der Waals surface area contributed by atoms with Gasteiger partial charge in [-0.1, -0.05) is 89.2 Å². The summed E-state index contributed by atoms with van der Waals surface area (Å²) < 4.78 is 0. The number of allylic oxidation sites excluding steroid dienone is 6. The van der Waals surface area contributed by atoms with E-state index in [4.69, 9.17) is 0 Å². The Morgan fingerprint density at radius 1 is 1.08 bits per heavy atom. The molecule has 3 unspecified atom stereocenters. The second-order valence-electron chi connectivity index (χ2n) is 8.44. The van der Waals surface area contributed by atoms with Crippen LogP contribution in [-0.4, -0.2) is 6.61 Å². The molecule has 136 valence electrons. The fourth-order valence-electron chi connectivity index (χ4n) is 4.30. The lowest BCUT2D eigenvalue weighted by molar-refractivity contribution is -0.368. The molecule has 0 aromatic heterocycles. The van der Waals surface area contributed by atoms with Gasteiger partial charge in [0.25, 0.3) is 0 Å². The van der Waals surface area contributed by atoms with Crippen molar-refractivity contribution in [1.29, 1.82) is 0 Å². The van der Waals surface area contributed by atoms with Crippen LogP contribution in [0.3, 0.4) is 0 Å². The number of hydrogen-bond donors (Lipinski definition) is 0. The second-order valence-corrected chi connectivity index (χ2v) is 8.44. The SMILES string of the molecule is [CH2-]C1CCCCC(C)(C2(C)C=CC=C(CCCC[O-])C=C2)CCC1. The summed E-state index contributed by atoms with van der Waals surface area (Å²) >= 11 is 0. The molecule has 0 aliphatic heterocycles. The Morgan fingerprint density at radius 2 is 1.83 bits per heavy atom. The van der Waals surface area contributed by atoms with Gasteiger partial charge in [0.15, 0.2) is 0 Å². The van der Waals surface area contributed by atoms with Crippen molar-refractivity contribution in [2.45, 2.75) is 78.1 Å². The standard InChI is InChI=1S/C23H36O/c1-20-10-4-6-15-22(2,16-8-11-20)23(3)17-9-13-21(14-18-23)12-5-7-19-24/h9,13-14,17-18,20H,1,4-8,10-12,15-16,19H2,2-3H3/q-2. The van der Waals surface area contributed by atoms with Crippen LogP contribution >= 0.6 is 0 Å². The Morgan fingerprint density at radius 3 is 2.62 bits per heavy atom. The van der Waals surface area contributed by atoms with Crippen LogP contribution in [0.5, 0.6) is 0 Å². The molecule has 0 spiro atoms. The zero-order valence-corrected chi connectivity index (χ0v) is 15.9. The molecule has 2 aliphatic rings. The van der Waals surface area contributed by atoms with E-state index in [0.29, 0.717) is 11.3 Å². The molecule has 0 saturated heterocycles. The third-order valence-corrected chi connectivity index (χ3v) is 6.49. The van der Waals surface area contributed by atoms with Crippen LogP contribution in [0.1, 0.15) is 78.1 Å². The van der Waals surface area contributed by atoms with Crippen molar-refractivity contribution in [3.05, 3.63) is 42.9 Å². The molecule has 0 heterocycles. The van der Waals surface area contributed by atoms with Crippen molar-refractivity contribution < 1.29 is 5.11 Å². The van der Waals surface area contributed by atoms with Crippen molar-refractivity contribution in [3.63, 3.8) is 0 Å². The van der Waals surface area contributed by atoms with E-state index in [1.54, 1.807) is 0 Å². The summed E-state index contributed by atoms with van der Waals surface area (Å²) in [6.07, 6.45) is 23.6. The highest BCUT2D eigenvalue weighted by molar-refractivity contribution is 5.33. The van der Waals surface area contributed by atoms with Crippen LogP contribution in [0, 0.1) is 23.7 Å². The van der Waals surface area contributed by atoms with E-state index in [2.05, 4.69) is 51.2 Å². The molecular formula is C23H36O-2. The van der Waals surface area contributed by atoms with E-state index in [1.807, 2.05) is 0 Å². The lowest BCUT2D eigenvalue weighted by Gasteiger charge is -2.44. The van der Waals surface area contributed by atoms with Crippen molar-refractivity contribution >= 4 is 0 Å². The maximum Gasteiger partial charge on any atom is 0.00926 e. The van der Waals surface area contributed by atoms with Gasteiger partial charge in [0.1, 0.15) is 0 Å². The number of unbranched alkanes of at least 4 members (excludes halogenated alkanes) is 1. The first-order chi connectivity index (χ1) is 11.5. The monoisotopic (exact) mass is 328 g/mol. The van der Waals surface area contributed by atoms with Crippen LogP contribution in [0.25, 0.3) is 0 Å². The Kier molecular flexibility index (Phi) is 7.34. The van der Waals surface area contributed by atoms with Gasteiger partial charge >= 0.3 is 0 Å². The zero-order valence-electron chi connectivity index (χ0n) is 15.9. The number of hydrogen-bond acceptors (Lipinski definition) is 1. The summed E-state index contributed by atoms with van der Waals surface area (Å²) in [4.78, 5) is 0. The summed E-state index contributed by atoms with van der Waals surface area (Å²) in [5.74, 6) is 0.648. The predicted molar refractivity (Wildman–Crippen MR) is 102 cm³/mol. The Hall–Kier alpha value is -0.820. The van der Waals surface area contributed by atoms with Gasteiger partial charge in [-0.3, -0.25) is 0 Å². The van der Waals surface area contributed by atoms with Crippen molar-refractivity contribution in [2.24, 2.45) is 16.7 Å². The molecule has 1 fully saturated rings. The van der Waals surface area contributed by atoms with Crippen LogP contribution < -0.4 is 5.11 Å². The molecule has 0 amide bonds. The Bertz CT molecular complexity index is 472. The van der Waals surface area contributed by atoms with E-state index in [0.717, 1.165) is 19.3 Å². The molecule has 3 atom stereocenters. The van der Waals surface area contributed by atoms with Gasteiger partial charge in [0.05, 0.1) is 0 Å². The van der Waals surface area contributed by atoms with Gasteiger partial charge in [0.2, 0.25) is 0 Å². The normalized spacial score (nSPS) is 34.8. The average molecular weight is 329 g/mol. The van der Waals surface area contributed by atoms with Gasteiger partial charge in [0, 0.05) is 5.41 Å². The molecular weight excluding hydrogens is 292 g/mol. The first-order valence-corrected chi connectivity index (χ1v) is 9.98. The van der Waals surface area contributed by atoms with Crippen LogP contribution in [-0.2, 0) is 0 Å². The van der Waals surface area contributed by atoms with Crippen LogP contribution in [0.15, 0.2) is 36.0 Å². The van der Waals surface area contributed by atoms with Gasteiger partial charge in [-0.25, -0.2) is 0 Å². The largest absolute Gasteiger partial charge is 0.854 e. The van der Waals surface area contributed by atoms with E-state index in [1.165, 1.54) is 50.5 Å². The van der Waals surface area contributed by atoms with Crippen molar-refractivity contribution in [2.75, 3.05) is 6.61 Å². The Labute approximate surface area is 149 Å². The van der Waals surface area contributed by atoms with E-state index in [9.17, 15) is 5.11 Å². The average Bonchev–Trinajstić information content (AvgIpc) is 2.69. The molecule has 2 aliphatic carbocycles. The molecule has 24 heavy (non-hydrogen) atoms. The quantitative estimate of drug-likeness (QED) is 0.463. The molecule has 1 heteroatoms. The van der Waals surface area contributed by atoms with Gasteiger partial charge in [-0.05, 0) is 30.3 Å². The molecule has 0 aromatic carbocycles. The van der Waals surface area contributed by atoms with E-state index in [-0.39, 0.29) is 12.0 Å². The predicted octanol–water partition coefficient (Wildman–Crippen LogP) is 5.78. The molecule has 0 N–H and O–H groups in total. The summed E-state index contributed by atoms with van der Waals surface area (Å²) in [6.45, 7) is 9.28. The fraction of sp³-hybridized carbons (Fsp3) is 0.696. The first-order valence-electron chi connectivity index (χ1n) is 9.98. The third-order valence-electron chi connectivity index (χ3n) is 6.49. The van der Waals surface area contributed by atoms with Crippen LogP contribution in [0.2, 0.25) is 0 Å². The van der Waals surface area contributed by atoms with Crippen LogP contribution in [0.4, 0.5) is 0 Å². The zero-order chi connectivity index (χ0) is 17.5. The maximum atomic E-state index is 10.6. The molecule has 1 nitrogen and oxygen atoms in total. The second kappa shape index (κ2) is 9.04. The highest BCUT2D eigenvalue weighted by atomic mass is 16.2. The highest BCUT2D eigenvalue weighted by Gasteiger charge is 2.40. The molecule has 0 bridgehead atoms. The molecule has 1 saturated carbocycles. The topological polar surface area (TPSA) is 23.1 Å². The van der Waals surface area contributed by atoms with Gasteiger partial charge < -0.3 is 12.0 Å². The minimum atomic E-state index is 0.0515. The minimum absolute atomic E-state index is 0.0515. The lowest BCUT2D eigenvalue weighted by Crippen LogP contribution is -2.34. The highest BCUT2D eigenvalue weighted by Crippen LogP contribution is 2.50. The van der Waals surface area contributed by atoms with Crippen molar-refractivity contribution in [3.8, 4) is 0 Å². The third kappa shape index (κ3) is 5.09. The molecule has 0 radical (unpaired) electrons. The molecule has 2 rings (SSSR count). The smallest absolute Gasteiger partial charge is 0.00926 e. The maximum absolute atomic E-state index is 10.6. The molecule has 0 aromatic rings.